The number of halogens is 1. The summed E-state index contributed by atoms with van der Waals surface area (Å²) in [6.45, 7) is 1.48. The van der Waals surface area contributed by atoms with E-state index in [9.17, 15) is 9.18 Å². The first-order chi connectivity index (χ1) is 8.11. The molecule has 0 aliphatic rings. The molecule has 1 aromatic heterocycles. The van der Waals surface area contributed by atoms with Crippen molar-refractivity contribution in [2.75, 3.05) is 0 Å². The highest BCUT2D eigenvalue weighted by atomic mass is 19.1. The number of hydrogen-bond donors (Lipinski definition) is 1. The minimum absolute atomic E-state index is 0.188. The molecule has 1 atom stereocenters. The van der Waals surface area contributed by atoms with Gasteiger partial charge in [0, 0.05) is 0 Å². The zero-order chi connectivity index (χ0) is 12.4. The third-order valence-electron chi connectivity index (χ3n) is 2.41. The van der Waals surface area contributed by atoms with Gasteiger partial charge in [-0.15, -0.1) is 0 Å². The van der Waals surface area contributed by atoms with Gasteiger partial charge < -0.3 is 5.11 Å². The quantitative estimate of drug-likeness (QED) is 0.877. The van der Waals surface area contributed by atoms with Crippen LogP contribution in [0.4, 0.5) is 4.39 Å². The molecule has 6 heteroatoms. The van der Waals surface area contributed by atoms with E-state index in [0.29, 0.717) is 0 Å². The van der Waals surface area contributed by atoms with Crippen LogP contribution in [0.5, 0.6) is 0 Å². The lowest BCUT2D eigenvalue weighted by Gasteiger charge is -2.09. The molecule has 1 unspecified atom stereocenters. The Hall–Kier alpha value is -2.24. The molecule has 0 aliphatic carbocycles. The Morgan fingerprint density at radius 2 is 2.18 bits per heavy atom. The summed E-state index contributed by atoms with van der Waals surface area (Å²) in [5.41, 5.74) is 0.188. The van der Waals surface area contributed by atoms with Gasteiger partial charge in [-0.3, -0.25) is 4.79 Å². The Morgan fingerprint density at radius 1 is 1.47 bits per heavy atom. The zero-order valence-corrected chi connectivity index (χ0v) is 9.04. The van der Waals surface area contributed by atoms with Crippen LogP contribution in [-0.2, 0) is 4.79 Å². The molecule has 0 radical (unpaired) electrons. The van der Waals surface area contributed by atoms with Gasteiger partial charge in [0.15, 0.2) is 0 Å². The van der Waals surface area contributed by atoms with Crippen molar-refractivity contribution >= 4 is 5.97 Å². The van der Waals surface area contributed by atoms with Crippen LogP contribution in [0.15, 0.2) is 30.6 Å². The first-order valence-electron chi connectivity index (χ1n) is 4.99. The average Bonchev–Trinajstić information content (AvgIpc) is 2.77. The van der Waals surface area contributed by atoms with Crippen molar-refractivity contribution in [2.45, 2.75) is 12.8 Å². The molecule has 0 spiro atoms. The summed E-state index contributed by atoms with van der Waals surface area (Å²) in [5, 5.41) is 12.8. The molecule has 0 saturated carbocycles. The van der Waals surface area contributed by atoms with Crippen molar-refractivity contribution in [2.24, 2.45) is 0 Å². The second-order valence-electron chi connectivity index (χ2n) is 3.54. The first kappa shape index (κ1) is 11.3. The molecule has 1 heterocycles. The number of rotatable bonds is 3. The van der Waals surface area contributed by atoms with Gasteiger partial charge in [0.05, 0.1) is 0 Å². The average molecular weight is 235 g/mol. The zero-order valence-electron chi connectivity index (χ0n) is 9.04. The normalized spacial score (nSPS) is 12.4. The summed E-state index contributed by atoms with van der Waals surface area (Å²) in [7, 11) is 0. The molecular formula is C11H10FN3O2. The van der Waals surface area contributed by atoms with E-state index in [2.05, 4.69) is 10.1 Å². The highest BCUT2D eigenvalue weighted by molar-refractivity contribution is 5.74. The lowest BCUT2D eigenvalue weighted by Crippen LogP contribution is -2.14. The largest absolute Gasteiger partial charge is 0.481 e. The molecule has 2 rings (SSSR count). The third kappa shape index (κ3) is 2.01. The van der Waals surface area contributed by atoms with E-state index >= 15 is 0 Å². The summed E-state index contributed by atoms with van der Waals surface area (Å²) in [4.78, 5) is 14.8. The second kappa shape index (κ2) is 4.32. The van der Waals surface area contributed by atoms with Crippen LogP contribution in [-0.4, -0.2) is 25.8 Å². The molecule has 0 fully saturated rings. The summed E-state index contributed by atoms with van der Waals surface area (Å²) in [5.74, 6) is -2.16. The number of hydrogen-bond acceptors (Lipinski definition) is 3. The maximum atomic E-state index is 13.6. The monoisotopic (exact) mass is 235 g/mol. The lowest BCUT2D eigenvalue weighted by molar-refractivity contribution is -0.138. The Bertz CT molecular complexity index is 553. The SMILES string of the molecule is CC(C(=O)O)c1ncnn1-c1ccccc1F. The summed E-state index contributed by atoms with van der Waals surface area (Å²) >= 11 is 0. The van der Waals surface area contributed by atoms with Gasteiger partial charge in [0.25, 0.3) is 0 Å². The second-order valence-corrected chi connectivity index (χ2v) is 3.54. The van der Waals surface area contributed by atoms with Crippen LogP contribution in [0.25, 0.3) is 5.69 Å². The molecule has 0 bridgehead atoms. The molecular weight excluding hydrogens is 225 g/mol. The predicted octanol–water partition coefficient (Wildman–Crippen LogP) is 1.59. The number of carboxylic acids is 1. The van der Waals surface area contributed by atoms with E-state index in [-0.39, 0.29) is 11.5 Å². The van der Waals surface area contributed by atoms with Crippen LogP contribution < -0.4 is 0 Å². The van der Waals surface area contributed by atoms with Crippen molar-refractivity contribution < 1.29 is 14.3 Å². The lowest BCUT2D eigenvalue weighted by atomic mass is 10.1. The van der Waals surface area contributed by atoms with Crippen LogP contribution in [0.3, 0.4) is 0 Å². The molecule has 5 nitrogen and oxygen atoms in total. The van der Waals surface area contributed by atoms with E-state index in [0.717, 1.165) is 0 Å². The van der Waals surface area contributed by atoms with Gasteiger partial charge in [-0.1, -0.05) is 12.1 Å². The minimum atomic E-state index is -1.03. The van der Waals surface area contributed by atoms with Crippen molar-refractivity contribution in [3.63, 3.8) is 0 Å². The minimum Gasteiger partial charge on any atom is -0.481 e. The van der Waals surface area contributed by atoms with E-state index in [4.69, 9.17) is 5.11 Å². The predicted molar refractivity (Wildman–Crippen MR) is 57.4 cm³/mol. The molecule has 0 amide bonds. The van der Waals surface area contributed by atoms with Crippen molar-refractivity contribution in [1.29, 1.82) is 0 Å². The Kier molecular flexibility index (Phi) is 2.86. The maximum absolute atomic E-state index is 13.6. The van der Waals surface area contributed by atoms with Crippen molar-refractivity contribution in [1.82, 2.24) is 14.8 Å². The van der Waals surface area contributed by atoms with Gasteiger partial charge in [-0.05, 0) is 19.1 Å². The van der Waals surface area contributed by atoms with Gasteiger partial charge >= 0.3 is 5.97 Å². The molecule has 2 aromatic rings. The number of nitrogens with zero attached hydrogens (tertiary/aromatic N) is 3. The van der Waals surface area contributed by atoms with Crippen molar-refractivity contribution in [3.8, 4) is 5.69 Å². The van der Waals surface area contributed by atoms with Gasteiger partial charge in [-0.2, -0.15) is 5.10 Å². The van der Waals surface area contributed by atoms with E-state index in [1.807, 2.05) is 0 Å². The smallest absolute Gasteiger partial charge is 0.313 e. The van der Waals surface area contributed by atoms with Crippen LogP contribution in [0.1, 0.15) is 18.7 Å². The molecule has 88 valence electrons. The van der Waals surface area contributed by atoms with Crippen LogP contribution in [0.2, 0.25) is 0 Å². The molecule has 17 heavy (non-hydrogen) atoms. The molecule has 1 N–H and O–H groups in total. The first-order valence-corrected chi connectivity index (χ1v) is 4.99. The van der Waals surface area contributed by atoms with E-state index in [1.165, 1.54) is 30.1 Å². The summed E-state index contributed by atoms with van der Waals surface area (Å²) < 4.78 is 14.8. The van der Waals surface area contributed by atoms with Crippen molar-refractivity contribution in [3.05, 3.63) is 42.2 Å². The topological polar surface area (TPSA) is 68.0 Å². The molecule has 1 aromatic carbocycles. The van der Waals surface area contributed by atoms with E-state index < -0.39 is 17.7 Å². The van der Waals surface area contributed by atoms with Gasteiger partial charge in [-0.25, -0.2) is 14.1 Å². The Labute approximate surface area is 96.5 Å². The standard InChI is InChI=1S/C11H10FN3O2/c1-7(11(16)17)10-13-6-14-15(10)9-5-3-2-4-8(9)12/h2-7H,1H3,(H,16,17). The fourth-order valence-corrected chi connectivity index (χ4v) is 1.47. The number of carbonyl (C=O) groups is 1. The number of carboxylic acid groups (broad SMARTS) is 1. The van der Waals surface area contributed by atoms with Crippen LogP contribution in [0, 0.1) is 5.82 Å². The number of benzene rings is 1. The fraction of sp³-hybridized carbons (Fsp3) is 0.182. The van der Waals surface area contributed by atoms with Gasteiger partial charge in [0.2, 0.25) is 0 Å². The highest BCUT2D eigenvalue weighted by Crippen LogP contribution is 2.18. The van der Waals surface area contributed by atoms with Crippen LogP contribution >= 0.6 is 0 Å². The number of para-hydroxylation sites is 1. The molecule has 0 aliphatic heterocycles. The highest BCUT2D eigenvalue weighted by Gasteiger charge is 2.21. The fourth-order valence-electron chi connectivity index (χ4n) is 1.47. The number of aliphatic carboxylic acids is 1. The Morgan fingerprint density at radius 3 is 2.82 bits per heavy atom. The summed E-state index contributed by atoms with van der Waals surface area (Å²) in [6, 6.07) is 6.00. The van der Waals surface area contributed by atoms with E-state index in [1.54, 1.807) is 12.1 Å². The Balaban J connectivity index is 2.51. The maximum Gasteiger partial charge on any atom is 0.313 e. The molecule has 0 saturated heterocycles. The number of aromatic nitrogens is 3. The van der Waals surface area contributed by atoms with Gasteiger partial charge in [0.1, 0.15) is 29.6 Å². The third-order valence-corrected chi connectivity index (χ3v) is 2.41. The summed E-state index contributed by atoms with van der Waals surface area (Å²) in [6.07, 6.45) is 1.21.